The molecule has 1 unspecified atom stereocenters. The second kappa shape index (κ2) is 4.54. The van der Waals surface area contributed by atoms with Crippen LogP contribution in [0, 0.1) is 0 Å². The molecule has 0 bridgehead atoms. The zero-order chi connectivity index (χ0) is 8.85. The van der Waals surface area contributed by atoms with Crippen LogP contribution in [0.1, 0.15) is 13.3 Å². The molecule has 64 valence electrons. The van der Waals surface area contributed by atoms with Crippen molar-refractivity contribution >= 4 is 11.9 Å². The number of aliphatic imine (C=N–C) groups is 1. The summed E-state index contributed by atoms with van der Waals surface area (Å²) in [6.45, 7) is 1.76. The summed E-state index contributed by atoms with van der Waals surface area (Å²) in [4.78, 5) is 14.0. The molecule has 0 aliphatic heterocycles. The maximum atomic E-state index is 10.4. The standard InChI is InChI=1S/C6H13N3O2/c1-3-4(5(10)11)9-6(7)8-2/h4H,3H2,1-2H3,(H,10,11)(H3,7,8,9). The first-order valence-electron chi connectivity index (χ1n) is 3.33. The predicted molar refractivity (Wildman–Crippen MR) is 42.4 cm³/mol. The van der Waals surface area contributed by atoms with E-state index in [4.69, 9.17) is 10.8 Å². The van der Waals surface area contributed by atoms with Crippen LogP contribution in [0.15, 0.2) is 4.99 Å². The highest BCUT2D eigenvalue weighted by Crippen LogP contribution is 1.88. The van der Waals surface area contributed by atoms with Crippen LogP contribution in [0.5, 0.6) is 0 Å². The van der Waals surface area contributed by atoms with Crippen LogP contribution < -0.4 is 11.1 Å². The summed E-state index contributed by atoms with van der Waals surface area (Å²) in [6, 6.07) is -0.640. The lowest BCUT2D eigenvalue weighted by atomic mass is 10.2. The van der Waals surface area contributed by atoms with Gasteiger partial charge in [0.05, 0.1) is 0 Å². The lowest BCUT2D eigenvalue weighted by Gasteiger charge is -2.11. The van der Waals surface area contributed by atoms with E-state index < -0.39 is 12.0 Å². The Bertz CT molecular complexity index is 167. The first kappa shape index (κ1) is 9.74. The monoisotopic (exact) mass is 159 g/mol. The Morgan fingerprint density at radius 3 is 2.64 bits per heavy atom. The molecule has 0 saturated heterocycles. The average Bonchev–Trinajstić information content (AvgIpc) is 1.99. The zero-order valence-corrected chi connectivity index (χ0v) is 6.66. The summed E-state index contributed by atoms with van der Waals surface area (Å²) in [6.07, 6.45) is 0.478. The van der Waals surface area contributed by atoms with Crippen LogP contribution in [-0.2, 0) is 4.79 Å². The van der Waals surface area contributed by atoms with Crippen molar-refractivity contribution < 1.29 is 9.90 Å². The molecule has 0 rings (SSSR count). The van der Waals surface area contributed by atoms with E-state index in [0.29, 0.717) is 6.42 Å². The molecule has 0 aromatic carbocycles. The predicted octanol–water partition coefficient (Wildman–Crippen LogP) is -0.616. The van der Waals surface area contributed by atoms with Crippen LogP contribution in [0.2, 0.25) is 0 Å². The van der Waals surface area contributed by atoms with Crippen LogP contribution >= 0.6 is 0 Å². The van der Waals surface area contributed by atoms with Crippen molar-refractivity contribution in [3.05, 3.63) is 0 Å². The maximum absolute atomic E-state index is 10.4. The number of nitrogens with zero attached hydrogens (tertiary/aromatic N) is 1. The molecule has 0 heterocycles. The van der Waals surface area contributed by atoms with Crippen LogP contribution in [0.3, 0.4) is 0 Å². The van der Waals surface area contributed by atoms with E-state index >= 15 is 0 Å². The van der Waals surface area contributed by atoms with E-state index in [2.05, 4.69) is 10.3 Å². The van der Waals surface area contributed by atoms with Gasteiger partial charge in [0.1, 0.15) is 6.04 Å². The van der Waals surface area contributed by atoms with Crippen molar-refractivity contribution in [2.45, 2.75) is 19.4 Å². The summed E-state index contributed by atoms with van der Waals surface area (Å²) in [5.74, 6) is -0.765. The lowest BCUT2D eigenvalue weighted by Crippen LogP contribution is -2.44. The lowest BCUT2D eigenvalue weighted by molar-refractivity contribution is -0.139. The highest BCUT2D eigenvalue weighted by Gasteiger charge is 2.14. The van der Waals surface area contributed by atoms with Gasteiger partial charge in [0.2, 0.25) is 0 Å². The smallest absolute Gasteiger partial charge is 0.326 e. The van der Waals surface area contributed by atoms with Crippen molar-refractivity contribution in [2.24, 2.45) is 10.7 Å². The summed E-state index contributed by atoms with van der Waals surface area (Å²) < 4.78 is 0. The van der Waals surface area contributed by atoms with Gasteiger partial charge in [0.25, 0.3) is 0 Å². The molecule has 0 aromatic rings. The SMILES string of the molecule is CCC(NC(N)=NC)C(=O)O. The fourth-order valence-electron chi connectivity index (χ4n) is 0.581. The number of guanidine groups is 1. The average molecular weight is 159 g/mol. The number of hydrogen-bond donors (Lipinski definition) is 3. The Labute approximate surface area is 65.3 Å². The topological polar surface area (TPSA) is 87.7 Å². The number of carbonyl (C=O) groups is 1. The molecule has 0 aliphatic carbocycles. The van der Waals surface area contributed by atoms with Gasteiger partial charge in [-0.15, -0.1) is 0 Å². The number of rotatable bonds is 3. The highest BCUT2D eigenvalue weighted by molar-refractivity contribution is 5.84. The molecular weight excluding hydrogens is 146 g/mol. The Balaban J connectivity index is 3.98. The largest absolute Gasteiger partial charge is 0.480 e. The van der Waals surface area contributed by atoms with E-state index in [9.17, 15) is 4.79 Å². The van der Waals surface area contributed by atoms with Crippen molar-refractivity contribution in [3.8, 4) is 0 Å². The van der Waals surface area contributed by atoms with E-state index in [1.54, 1.807) is 6.92 Å². The quantitative estimate of drug-likeness (QED) is 0.378. The molecule has 1 atom stereocenters. The molecule has 0 aromatic heterocycles. The van der Waals surface area contributed by atoms with Crippen LogP contribution in [-0.4, -0.2) is 30.1 Å². The normalized spacial score (nSPS) is 14.2. The summed E-state index contributed by atoms with van der Waals surface area (Å²) >= 11 is 0. The number of carboxylic acids is 1. The van der Waals surface area contributed by atoms with Gasteiger partial charge >= 0.3 is 5.97 Å². The van der Waals surface area contributed by atoms with Crippen molar-refractivity contribution in [2.75, 3.05) is 7.05 Å². The van der Waals surface area contributed by atoms with E-state index in [0.717, 1.165) is 0 Å². The minimum atomic E-state index is -0.917. The Kier molecular flexibility index (Phi) is 4.02. The molecule has 11 heavy (non-hydrogen) atoms. The van der Waals surface area contributed by atoms with E-state index in [1.165, 1.54) is 7.05 Å². The molecule has 0 spiro atoms. The number of aliphatic carboxylic acids is 1. The van der Waals surface area contributed by atoms with Gasteiger partial charge in [-0.25, -0.2) is 4.79 Å². The van der Waals surface area contributed by atoms with Gasteiger partial charge in [-0.3, -0.25) is 4.99 Å². The summed E-state index contributed by atoms with van der Waals surface area (Å²) in [7, 11) is 1.50. The second-order valence-corrected chi connectivity index (χ2v) is 2.05. The van der Waals surface area contributed by atoms with E-state index in [-0.39, 0.29) is 5.96 Å². The van der Waals surface area contributed by atoms with Crippen molar-refractivity contribution in [1.29, 1.82) is 0 Å². The number of nitrogens with one attached hydrogen (secondary N) is 1. The molecule has 4 N–H and O–H groups in total. The number of hydrogen-bond acceptors (Lipinski definition) is 2. The molecule has 0 amide bonds. The molecule has 0 fully saturated rings. The van der Waals surface area contributed by atoms with Gasteiger partial charge in [-0.2, -0.15) is 0 Å². The van der Waals surface area contributed by atoms with Gasteiger partial charge < -0.3 is 16.2 Å². The Morgan fingerprint density at radius 1 is 1.82 bits per heavy atom. The Morgan fingerprint density at radius 2 is 2.36 bits per heavy atom. The van der Waals surface area contributed by atoms with Crippen molar-refractivity contribution in [1.82, 2.24) is 5.32 Å². The van der Waals surface area contributed by atoms with Crippen LogP contribution in [0.25, 0.3) is 0 Å². The number of nitrogens with two attached hydrogens (primary N) is 1. The molecule has 0 aliphatic rings. The fraction of sp³-hybridized carbons (Fsp3) is 0.667. The maximum Gasteiger partial charge on any atom is 0.326 e. The third-order valence-electron chi connectivity index (χ3n) is 1.27. The first-order chi connectivity index (χ1) is 5.11. The third-order valence-corrected chi connectivity index (χ3v) is 1.27. The van der Waals surface area contributed by atoms with Gasteiger partial charge in [0, 0.05) is 7.05 Å². The minimum absolute atomic E-state index is 0.152. The molecule has 0 radical (unpaired) electrons. The van der Waals surface area contributed by atoms with E-state index in [1.807, 2.05) is 0 Å². The highest BCUT2D eigenvalue weighted by atomic mass is 16.4. The van der Waals surface area contributed by atoms with Gasteiger partial charge in [-0.05, 0) is 6.42 Å². The third kappa shape index (κ3) is 3.44. The van der Waals surface area contributed by atoms with Crippen molar-refractivity contribution in [3.63, 3.8) is 0 Å². The molecular formula is C6H13N3O2. The number of carboxylic acid groups (broad SMARTS) is 1. The second-order valence-electron chi connectivity index (χ2n) is 2.05. The Hall–Kier alpha value is -1.26. The zero-order valence-electron chi connectivity index (χ0n) is 6.66. The van der Waals surface area contributed by atoms with Crippen LogP contribution in [0.4, 0.5) is 0 Å². The molecule has 5 nitrogen and oxygen atoms in total. The summed E-state index contributed by atoms with van der Waals surface area (Å²) in [5.41, 5.74) is 5.26. The fourth-order valence-corrected chi connectivity index (χ4v) is 0.581. The van der Waals surface area contributed by atoms with Gasteiger partial charge in [-0.1, -0.05) is 6.92 Å². The first-order valence-corrected chi connectivity index (χ1v) is 3.33. The minimum Gasteiger partial charge on any atom is -0.480 e. The molecule has 5 heteroatoms. The van der Waals surface area contributed by atoms with Gasteiger partial charge in [0.15, 0.2) is 5.96 Å². The summed E-state index contributed by atoms with van der Waals surface area (Å²) in [5, 5.41) is 11.1. The molecule has 0 saturated carbocycles.